The van der Waals surface area contributed by atoms with Crippen LogP contribution in [0.3, 0.4) is 0 Å². The third-order valence-electron chi connectivity index (χ3n) is 4.61. The first-order valence-electron chi connectivity index (χ1n) is 8.30. The summed E-state index contributed by atoms with van der Waals surface area (Å²) in [6.45, 7) is 5.02. The van der Waals surface area contributed by atoms with Crippen LogP contribution in [0.4, 0.5) is 0 Å². The van der Waals surface area contributed by atoms with Gasteiger partial charge < -0.3 is 15.2 Å². The van der Waals surface area contributed by atoms with E-state index in [4.69, 9.17) is 4.74 Å². The lowest BCUT2D eigenvalue weighted by atomic mass is 10.1. The number of aryl methyl sites for hydroxylation is 2. The first-order valence-corrected chi connectivity index (χ1v) is 8.30. The molecule has 122 valence electrons. The quantitative estimate of drug-likeness (QED) is 0.862. The highest BCUT2D eigenvalue weighted by Crippen LogP contribution is 2.21. The van der Waals surface area contributed by atoms with Crippen LogP contribution >= 0.6 is 0 Å². The Labute approximate surface area is 138 Å². The predicted octanol–water partition coefficient (Wildman–Crippen LogP) is 2.80. The van der Waals surface area contributed by atoms with E-state index in [-0.39, 0.29) is 0 Å². The SMILES string of the molecule is Cc1ccc(OC[C@H](O)CNC2Cc3ccccc3C2)cc1C. The number of hydrogen-bond donors (Lipinski definition) is 2. The summed E-state index contributed by atoms with van der Waals surface area (Å²) in [6, 6.07) is 15.0. The number of aliphatic hydroxyl groups excluding tert-OH is 1. The van der Waals surface area contributed by atoms with Crippen molar-refractivity contribution in [1.82, 2.24) is 5.32 Å². The summed E-state index contributed by atoms with van der Waals surface area (Å²) in [5, 5.41) is 13.6. The van der Waals surface area contributed by atoms with Crippen molar-refractivity contribution < 1.29 is 9.84 Å². The molecule has 0 saturated heterocycles. The molecule has 0 heterocycles. The zero-order valence-electron chi connectivity index (χ0n) is 13.9. The highest BCUT2D eigenvalue weighted by molar-refractivity contribution is 5.34. The van der Waals surface area contributed by atoms with Crippen molar-refractivity contribution in [3.63, 3.8) is 0 Å². The highest BCUT2D eigenvalue weighted by Gasteiger charge is 2.21. The molecule has 2 N–H and O–H groups in total. The van der Waals surface area contributed by atoms with Crippen LogP contribution in [-0.2, 0) is 12.8 Å². The fourth-order valence-corrected chi connectivity index (χ4v) is 3.06. The molecule has 3 nitrogen and oxygen atoms in total. The summed E-state index contributed by atoms with van der Waals surface area (Å²) in [5.41, 5.74) is 5.30. The van der Waals surface area contributed by atoms with E-state index in [0.29, 0.717) is 19.2 Å². The van der Waals surface area contributed by atoms with Crippen LogP contribution in [0.15, 0.2) is 42.5 Å². The molecule has 1 aliphatic rings. The number of nitrogens with one attached hydrogen (secondary N) is 1. The molecule has 0 bridgehead atoms. The minimum atomic E-state index is -0.500. The molecule has 0 saturated carbocycles. The van der Waals surface area contributed by atoms with Crippen molar-refractivity contribution in [1.29, 1.82) is 0 Å². The Hall–Kier alpha value is -1.84. The third kappa shape index (κ3) is 4.12. The van der Waals surface area contributed by atoms with Gasteiger partial charge in [0.25, 0.3) is 0 Å². The summed E-state index contributed by atoms with van der Waals surface area (Å²) in [6.07, 6.45) is 1.59. The predicted molar refractivity (Wildman–Crippen MR) is 93.1 cm³/mol. The second kappa shape index (κ2) is 7.16. The number of ether oxygens (including phenoxy) is 1. The largest absolute Gasteiger partial charge is 0.491 e. The maximum absolute atomic E-state index is 10.1. The van der Waals surface area contributed by atoms with Crippen LogP contribution in [0.25, 0.3) is 0 Å². The van der Waals surface area contributed by atoms with E-state index < -0.39 is 6.10 Å². The molecule has 23 heavy (non-hydrogen) atoms. The molecular weight excluding hydrogens is 286 g/mol. The van der Waals surface area contributed by atoms with E-state index in [1.54, 1.807) is 0 Å². The Balaban J connectivity index is 1.42. The average Bonchev–Trinajstić information content (AvgIpc) is 2.97. The first-order chi connectivity index (χ1) is 11.1. The van der Waals surface area contributed by atoms with E-state index in [0.717, 1.165) is 18.6 Å². The highest BCUT2D eigenvalue weighted by atomic mass is 16.5. The van der Waals surface area contributed by atoms with Crippen molar-refractivity contribution in [2.45, 2.75) is 38.8 Å². The number of aliphatic hydroxyl groups is 1. The average molecular weight is 311 g/mol. The van der Waals surface area contributed by atoms with Gasteiger partial charge in [-0.3, -0.25) is 0 Å². The smallest absolute Gasteiger partial charge is 0.119 e. The van der Waals surface area contributed by atoms with E-state index in [1.807, 2.05) is 18.2 Å². The van der Waals surface area contributed by atoms with E-state index >= 15 is 0 Å². The Morgan fingerprint density at radius 1 is 1.09 bits per heavy atom. The molecule has 0 aliphatic heterocycles. The number of fused-ring (bicyclic) bond motifs is 1. The molecule has 1 atom stereocenters. The zero-order chi connectivity index (χ0) is 16.2. The summed E-state index contributed by atoms with van der Waals surface area (Å²) < 4.78 is 5.69. The molecule has 0 unspecified atom stereocenters. The van der Waals surface area contributed by atoms with Gasteiger partial charge in [0.2, 0.25) is 0 Å². The molecule has 3 rings (SSSR count). The summed E-state index contributed by atoms with van der Waals surface area (Å²) in [5.74, 6) is 0.820. The van der Waals surface area contributed by atoms with Gasteiger partial charge in [-0.25, -0.2) is 0 Å². The van der Waals surface area contributed by atoms with Crippen LogP contribution in [0.2, 0.25) is 0 Å². The molecule has 0 fully saturated rings. The number of benzene rings is 2. The van der Waals surface area contributed by atoms with Gasteiger partial charge in [0.05, 0.1) is 0 Å². The number of rotatable bonds is 6. The molecule has 2 aromatic rings. The topological polar surface area (TPSA) is 41.5 Å². The van der Waals surface area contributed by atoms with E-state index in [1.165, 1.54) is 22.3 Å². The Bertz CT molecular complexity index is 643. The Morgan fingerprint density at radius 2 is 1.78 bits per heavy atom. The van der Waals surface area contributed by atoms with Gasteiger partial charge in [-0.05, 0) is 61.1 Å². The molecular formula is C20H25NO2. The second-order valence-electron chi connectivity index (χ2n) is 6.49. The lowest BCUT2D eigenvalue weighted by molar-refractivity contribution is 0.104. The second-order valence-corrected chi connectivity index (χ2v) is 6.49. The minimum Gasteiger partial charge on any atom is -0.491 e. The molecule has 0 spiro atoms. The van der Waals surface area contributed by atoms with E-state index in [2.05, 4.69) is 43.4 Å². The molecule has 2 aromatic carbocycles. The summed E-state index contributed by atoms with van der Waals surface area (Å²) in [4.78, 5) is 0. The maximum atomic E-state index is 10.1. The van der Waals surface area contributed by atoms with Crippen molar-refractivity contribution >= 4 is 0 Å². The van der Waals surface area contributed by atoms with E-state index in [9.17, 15) is 5.11 Å². The van der Waals surface area contributed by atoms with Gasteiger partial charge in [0.15, 0.2) is 0 Å². The summed E-state index contributed by atoms with van der Waals surface area (Å²) >= 11 is 0. The van der Waals surface area contributed by atoms with Gasteiger partial charge in [-0.2, -0.15) is 0 Å². The maximum Gasteiger partial charge on any atom is 0.119 e. The van der Waals surface area contributed by atoms with Crippen LogP contribution in [0, 0.1) is 13.8 Å². The molecule has 0 amide bonds. The van der Waals surface area contributed by atoms with Gasteiger partial charge in [-0.15, -0.1) is 0 Å². The van der Waals surface area contributed by atoms with Gasteiger partial charge in [0, 0.05) is 12.6 Å². The van der Waals surface area contributed by atoms with Crippen LogP contribution < -0.4 is 10.1 Å². The van der Waals surface area contributed by atoms with Crippen LogP contribution in [-0.4, -0.2) is 30.4 Å². The normalized spacial score (nSPS) is 15.4. The van der Waals surface area contributed by atoms with Crippen molar-refractivity contribution in [3.8, 4) is 5.75 Å². The van der Waals surface area contributed by atoms with Crippen LogP contribution in [0.5, 0.6) is 5.75 Å². The summed E-state index contributed by atoms with van der Waals surface area (Å²) in [7, 11) is 0. The van der Waals surface area contributed by atoms with Crippen molar-refractivity contribution in [2.24, 2.45) is 0 Å². The van der Waals surface area contributed by atoms with Crippen molar-refractivity contribution in [3.05, 3.63) is 64.7 Å². The zero-order valence-corrected chi connectivity index (χ0v) is 13.9. The fourth-order valence-electron chi connectivity index (χ4n) is 3.06. The monoisotopic (exact) mass is 311 g/mol. The molecule has 1 aliphatic carbocycles. The van der Waals surface area contributed by atoms with Crippen LogP contribution in [0.1, 0.15) is 22.3 Å². The lowest BCUT2D eigenvalue weighted by Gasteiger charge is -2.17. The van der Waals surface area contributed by atoms with Crippen molar-refractivity contribution in [2.75, 3.05) is 13.2 Å². The molecule has 0 aromatic heterocycles. The Kier molecular flexibility index (Phi) is 4.99. The Morgan fingerprint density at radius 3 is 2.43 bits per heavy atom. The molecule has 0 radical (unpaired) electrons. The minimum absolute atomic E-state index is 0.315. The molecule has 3 heteroatoms. The number of hydrogen-bond acceptors (Lipinski definition) is 3. The third-order valence-corrected chi connectivity index (χ3v) is 4.61. The fraction of sp³-hybridized carbons (Fsp3) is 0.400. The van der Waals surface area contributed by atoms with Gasteiger partial charge in [-0.1, -0.05) is 30.3 Å². The first kappa shape index (κ1) is 16.0. The van der Waals surface area contributed by atoms with Gasteiger partial charge >= 0.3 is 0 Å². The van der Waals surface area contributed by atoms with Gasteiger partial charge in [0.1, 0.15) is 18.5 Å². The lowest BCUT2D eigenvalue weighted by Crippen LogP contribution is -2.38. The standard InChI is InChI=1S/C20H25NO2/c1-14-7-8-20(9-15(14)2)23-13-19(22)12-21-18-10-16-5-3-4-6-17(16)11-18/h3-9,18-19,21-22H,10-13H2,1-2H3/t19-/m1/s1.